The average Bonchev–Trinajstić information content (AvgIpc) is 2.76. The second kappa shape index (κ2) is 5.67. The van der Waals surface area contributed by atoms with Gasteiger partial charge in [0.05, 0.1) is 28.8 Å². The fourth-order valence-electron chi connectivity index (χ4n) is 2.69. The summed E-state index contributed by atoms with van der Waals surface area (Å²) in [6.07, 6.45) is 0.296. The Morgan fingerprint density at radius 3 is 2.89 bits per heavy atom. The van der Waals surface area contributed by atoms with Crippen molar-refractivity contribution in [3.05, 3.63) is 26.1 Å². The molecule has 1 aromatic carbocycles. The summed E-state index contributed by atoms with van der Waals surface area (Å²) >= 11 is 7.21. The zero-order chi connectivity index (χ0) is 12.0. The van der Waals surface area contributed by atoms with Crippen LogP contribution in [0.25, 0.3) is 0 Å². The third kappa shape index (κ3) is 2.20. The first-order valence-electron chi connectivity index (χ1n) is 5.59. The molecular weight excluding hydrogens is 385 g/mol. The number of hydrogen-bond donors (Lipinski definition) is 1. The Morgan fingerprint density at radius 2 is 2.17 bits per heavy atom. The molecule has 0 saturated carbocycles. The highest BCUT2D eigenvalue weighted by atomic mass is 79.9. The molecule has 2 aliphatic heterocycles. The standard InChI is InChI=1S/C12H13Br2NO2.ClH/c1-16-12-8(13)2-6-5-17-9-4-15-3-7(9)10(6)11(12)14;/h2,7,9,15H,3-5H2,1H3;1H. The number of ether oxygens (including phenoxy) is 2. The van der Waals surface area contributed by atoms with E-state index in [0.29, 0.717) is 18.6 Å². The Labute approximate surface area is 129 Å². The van der Waals surface area contributed by atoms with Gasteiger partial charge in [0.25, 0.3) is 0 Å². The number of benzene rings is 1. The van der Waals surface area contributed by atoms with Crippen molar-refractivity contribution >= 4 is 44.3 Å². The van der Waals surface area contributed by atoms with Crippen molar-refractivity contribution in [1.29, 1.82) is 0 Å². The van der Waals surface area contributed by atoms with Crippen molar-refractivity contribution in [2.45, 2.75) is 18.6 Å². The first-order chi connectivity index (χ1) is 8.22. The van der Waals surface area contributed by atoms with Crippen LogP contribution in [0.5, 0.6) is 5.75 Å². The smallest absolute Gasteiger partial charge is 0.147 e. The van der Waals surface area contributed by atoms with Gasteiger partial charge in [-0.05, 0) is 49.1 Å². The third-order valence-electron chi connectivity index (χ3n) is 3.49. The predicted octanol–water partition coefficient (Wildman–Crippen LogP) is 3.23. The van der Waals surface area contributed by atoms with Crippen molar-refractivity contribution in [3.8, 4) is 5.75 Å². The fourth-order valence-corrected chi connectivity index (χ4v) is 4.51. The van der Waals surface area contributed by atoms with Crippen LogP contribution in [-0.2, 0) is 11.3 Å². The summed E-state index contributed by atoms with van der Waals surface area (Å²) < 4.78 is 13.3. The molecule has 0 spiro atoms. The molecule has 0 bridgehead atoms. The Kier molecular flexibility index (Phi) is 4.60. The molecule has 0 amide bonds. The van der Waals surface area contributed by atoms with Gasteiger partial charge in [-0.1, -0.05) is 0 Å². The van der Waals surface area contributed by atoms with E-state index in [0.717, 1.165) is 27.8 Å². The predicted molar refractivity (Wildman–Crippen MR) is 79.8 cm³/mol. The van der Waals surface area contributed by atoms with Gasteiger partial charge in [0.15, 0.2) is 0 Å². The Hall–Kier alpha value is 0.190. The van der Waals surface area contributed by atoms with E-state index in [4.69, 9.17) is 9.47 Å². The maximum absolute atomic E-state index is 5.87. The Morgan fingerprint density at radius 1 is 1.39 bits per heavy atom. The molecule has 18 heavy (non-hydrogen) atoms. The number of nitrogens with one attached hydrogen (secondary N) is 1. The molecule has 0 aliphatic carbocycles. The Bertz CT molecular complexity index is 470. The van der Waals surface area contributed by atoms with Crippen LogP contribution >= 0.6 is 44.3 Å². The van der Waals surface area contributed by atoms with Gasteiger partial charge in [0, 0.05) is 19.0 Å². The van der Waals surface area contributed by atoms with E-state index >= 15 is 0 Å². The molecule has 0 aromatic heterocycles. The van der Waals surface area contributed by atoms with Crippen molar-refractivity contribution in [2.75, 3.05) is 20.2 Å². The number of fused-ring (bicyclic) bond motifs is 3. The summed E-state index contributed by atoms with van der Waals surface area (Å²) in [5, 5.41) is 3.39. The molecule has 2 aliphatic rings. The lowest BCUT2D eigenvalue weighted by atomic mass is 9.89. The molecule has 2 unspecified atom stereocenters. The summed E-state index contributed by atoms with van der Waals surface area (Å²) in [6, 6.07) is 2.10. The second-order valence-electron chi connectivity index (χ2n) is 4.39. The topological polar surface area (TPSA) is 30.5 Å². The molecule has 1 saturated heterocycles. The third-order valence-corrected chi connectivity index (χ3v) is 4.86. The lowest BCUT2D eigenvalue weighted by Crippen LogP contribution is -2.27. The van der Waals surface area contributed by atoms with Crippen molar-refractivity contribution in [2.24, 2.45) is 0 Å². The van der Waals surface area contributed by atoms with Crippen LogP contribution in [-0.4, -0.2) is 26.3 Å². The number of halogens is 3. The lowest BCUT2D eigenvalue weighted by molar-refractivity contribution is 0.0295. The summed E-state index contributed by atoms with van der Waals surface area (Å²) in [5.74, 6) is 1.30. The molecule has 1 aromatic rings. The van der Waals surface area contributed by atoms with Crippen LogP contribution in [0, 0.1) is 0 Å². The maximum atomic E-state index is 5.87. The monoisotopic (exact) mass is 397 g/mol. The highest BCUT2D eigenvalue weighted by molar-refractivity contribution is 9.11. The number of methoxy groups -OCH3 is 1. The van der Waals surface area contributed by atoms with E-state index in [1.807, 2.05) is 0 Å². The van der Waals surface area contributed by atoms with Crippen LogP contribution in [0.15, 0.2) is 15.0 Å². The molecule has 3 nitrogen and oxygen atoms in total. The van der Waals surface area contributed by atoms with Crippen LogP contribution in [0.1, 0.15) is 17.0 Å². The van der Waals surface area contributed by atoms with E-state index in [1.165, 1.54) is 11.1 Å². The van der Waals surface area contributed by atoms with Crippen molar-refractivity contribution < 1.29 is 9.47 Å². The molecule has 3 rings (SSSR count). The van der Waals surface area contributed by atoms with Gasteiger partial charge in [-0.15, -0.1) is 12.4 Å². The van der Waals surface area contributed by atoms with E-state index < -0.39 is 0 Å². The first kappa shape index (κ1) is 14.6. The molecule has 2 atom stereocenters. The van der Waals surface area contributed by atoms with Crippen molar-refractivity contribution in [3.63, 3.8) is 0 Å². The van der Waals surface area contributed by atoms with Gasteiger partial charge in [0.1, 0.15) is 5.75 Å². The highest BCUT2D eigenvalue weighted by Gasteiger charge is 2.37. The van der Waals surface area contributed by atoms with Gasteiger partial charge >= 0.3 is 0 Å². The van der Waals surface area contributed by atoms with Gasteiger partial charge in [-0.2, -0.15) is 0 Å². The molecule has 0 radical (unpaired) electrons. The second-order valence-corrected chi connectivity index (χ2v) is 6.04. The number of hydrogen-bond acceptors (Lipinski definition) is 3. The van der Waals surface area contributed by atoms with E-state index in [-0.39, 0.29) is 12.4 Å². The summed E-state index contributed by atoms with van der Waals surface area (Å²) in [4.78, 5) is 0. The van der Waals surface area contributed by atoms with Crippen LogP contribution in [0.2, 0.25) is 0 Å². The van der Waals surface area contributed by atoms with Gasteiger partial charge in [0.2, 0.25) is 0 Å². The van der Waals surface area contributed by atoms with Gasteiger partial charge in [-0.3, -0.25) is 0 Å². The molecule has 100 valence electrons. The average molecular weight is 400 g/mol. The zero-order valence-corrected chi connectivity index (χ0v) is 13.8. The van der Waals surface area contributed by atoms with Gasteiger partial charge < -0.3 is 14.8 Å². The van der Waals surface area contributed by atoms with Crippen LogP contribution in [0.3, 0.4) is 0 Å². The van der Waals surface area contributed by atoms with E-state index in [2.05, 4.69) is 43.2 Å². The lowest BCUT2D eigenvalue weighted by Gasteiger charge is -2.30. The largest absolute Gasteiger partial charge is 0.494 e. The summed E-state index contributed by atoms with van der Waals surface area (Å²) in [5.41, 5.74) is 2.58. The number of rotatable bonds is 1. The normalized spacial score (nSPS) is 25.1. The molecule has 2 heterocycles. The minimum atomic E-state index is 0. The summed E-state index contributed by atoms with van der Waals surface area (Å²) in [6.45, 7) is 2.59. The minimum absolute atomic E-state index is 0. The summed E-state index contributed by atoms with van der Waals surface area (Å²) in [7, 11) is 1.70. The Balaban J connectivity index is 0.00000120. The van der Waals surface area contributed by atoms with Gasteiger partial charge in [-0.25, -0.2) is 0 Å². The first-order valence-corrected chi connectivity index (χ1v) is 7.18. The zero-order valence-electron chi connectivity index (χ0n) is 9.83. The quantitative estimate of drug-likeness (QED) is 0.787. The van der Waals surface area contributed by atoms with Crippen LogP contribution in [0.4, 0.5) is 0 Å². The highest BCUT2D eigenvalue weighted by Crippen LogP contribution is 2.45. The fraction of sp³-hybridized carbons (Fsp3) is 0.500. The molecular formula is C12H14Br2ClNO2. The SMILES string of the molecule is COc1c(Br)cc2c(c1Br)C1CNCC1OC2.Cl. The van der Waals surface area contributed by atoms with E-state index in [9.17, 15) is 0 Å². The molecule has 1 N–H and O–H groups in total. The van der Waals surface area contributed by atoms with Crippen LogP contribution < -0.4 is 10.1 Å². The molecule has 1 fully saturated rings. The van der Waals surface area contributed by atoms with E-state index in [1.54, 1.807) is 7.11 Å². The molecule has 6 heteroatoms. The van der Waals surface area contributed by atoms with Crippen molar-refractivity contribution in [1.82, 2.24) is 5.32 Å². The maximum Gasteiger partial charge on any atom is 0.147 e. The minimum Gasteiger partial charge on any atom is -0.494 e.